The Bertz CT molecular complexity index is 1640. The van der Waals surface area contributed by atoms with Crippen molar-refractivity contribution in [2.75, 3.05) is 0 Å². The van der Waals surface area contributed by atoms with Crippen LogP contribution in [-0.2, 0) is 24.1 Å². The van der Waals surface area contributed by atoms with E-state index in [9.17, 15) is 19.8 Å². The number of carbonyl (C=O) groups excluding carboxylic acids is 1. The average molecular weight is 584 g/mol. The van der Waals surface area contributed by atoms with Gasteiger partial charge in [0.25, 0.3) is 5.91 Å². The van der Waals surface area contributed by atoms with Gasteiger partial charge in [0, 0.05) is 34.3 Å². The van der Waals surface area contributed by atoms with Crippen LogP contribution < -0.4 is 5.32 Å². The molecule has 0 saturated heterocycles. The molecule has 5 aromatic rings. The second-order valence-corrected chi connectivity index (χ2v) is 10.8. The summed E-state index contributed by atoms with van der Waals surface area (Å²) in [6.45, 7) is 2.05. The van der Waals surface area contributed by atoms with Gasteiger partial charge in [-0.15, -0.1) is 21.5 Å². The molecule has 0 aliphatic carbocycles. The van der Waals surface area contributed by atoms with Gasteiger partial charge in [0.2, 0.25) is 5.82 Å². The van der Waals surface area contributed by atoms with Gasteiger partial charge in [-0.2, -0.15) is 5.21 Å². The second-order valence-electron chi connectivity index (χ2n) is 9.69. The predicted molar refractivity (Wildman–Crippen MR) is 157 cm³/mol. The van der Waals surface area contributed by atoms with E-state index in [1.54, 1.807) is 6.20 Å². The molecule has 12 heteroatoms. The van der Waals surface area contributed by atoms with Gasteiger partial charge in [0.15, 0.2) is 11.1 Å². The molecule has 3 heterocycles. The van der Waals surface area contributed by atoms with Crippen molar-refractivity contribution in [3.8, 4) is 22.5 Å². The van der Waals surface area contributed by atoms with Crippen LogP contribution in [-0.4, -0.2) is 64.8 Å². The minimum atomic E-state index is -1.77. The molecule has 0 aliphatic rings. The quantitative estimate of drug-likeness (QED) is 0.171. The second kappa shape index (κ2) is 13.2. The number of carboxylic acids is 1. The fourth-order valence-electron chi connectivity index (χ4n) is 4.62. The summed E-state index contributed by atoms with van der Waals surface area (Å²) < 4.78 is 0. The Balaban J connectivity index is 1.34. The zero-order chi connectivity index (χ0) is 29.5. The van der Waals surface area contributed by atoms with Crippen LogP contribution in [0.4, 0.5) is 0 Å². The van der Waals surface area contributed by atoms with E-state index >= 15 is 0 Å². The van der Waals surface area contributed by atoms with Gasteiger partial charge in [-0.25, -0.2) is 9.78 Å². The highest BCUT2D eigenvalue weighted by Crippen LogP contribution is 2.30. The molecule has 2 atom stereocenters. The molecular weight excluding hydrogens is 554 g/mol. The number of benzene rings is 2. The van der Waals surface area contributed by atoms with Gasteiger partial charge in [0.05, 0.1) is 11.7 Å². The van der Waals surface area contributed by atoms with Gasteiger partial charge in [-0.3, -0.25) is 9.78 Å². The first kappa shape index (κ1) is 28.7. The van der Waals surface area contributed by atoms with E-state index in [1.807, 2.05) is 66.7 Å². The van der Waals surface area contributed by atoms with E-state index in [-0.39, 0.29) is 11.4 Å². The summed E-state index contributed by atoms with van der Waals surface area (Å²) in [6, 6.07) is 19.7. The maximum Gasteiger partial charge on any atom is 0.334 e. The van der Waals surface area contributed by atoms with Gasteiger partial charge >= 0.3 is 5.97 Å². The normalized spacial score (nSPS) is 12.5. The van der Waals surface area contributed by atoms with Crippen LogP contribution in [0.5, 0.6) is 0 Å². The number of nitrogens with zero attached hydrogens (tertiary/aromatic N) is 5. The maximum atomic E-state index is 13.2. The number of rotatable bonds is 12. The Morgan fingerprint density at radius 2 is 1.79 bits per heavy atom. The molecule has 0 spiro atoms. The summed E-state index contributed by atoms with van der Waals surface area (Å²) in [6.07, 6.45) is 2.21. The number of H-pyrrole nitrogens is 1. The molecule has 11 nitrogen and oxygen atoms in total. The third kappa shape index (κ3) is 6.73. The number of carbonyl (C=O) groups is 2. The average Bonchev–Trinajstić information content (AvgIpc) is 3.68. The van der Waals surface area contributed by atoms with Gasteiger partial charge in [-0.05, 0) is 35.2 Å². The molecule has 0 radical (unpaired) electrons. The molecular formula is C30H29N7O4S. The highest BCUT2D eigenvalue weighted by molar-refractivity contribution is 7.13. The number of nitrogens with one attached hydrogen (secondary N) is 2. The van der Waals surface area contributed by atoms with Crippen LogP contribution in [0, 0.1) is 0 Å². The zero-order valence-electron chi connectivity index (χ0n) is 22.8. The number of hydrogen-bond acceptors (Lipinski definition) is 9. The molecule has 214 valence electrons. The molecule has 0 bridgehead atoms. The summed E-state index contributed by atoms with van der Waals surface area (Å²) in [5.74, 6) is -1.43. The Kier molecular flexibility index (Phi) is 9.05. The monoisotopic (exact) mass is 583 g/mol. The summed E-state index contributed by atoms with van der Waals surface area (Å²) >= 11 is 1.28. The lowest BCUT2D eigenvalue weighted by Gasteiger charge is -2.21. The van der Waals surface area contributed by atoms with Crippen molar-refractivity contribution in [2.24, 2.45) is 0 Å². The van der Waals surface area contributed by atoms with Crippen molar-refractivity contribution in [1.29, 1.82) is 0 Å². The Hall–Kier alpha value is -4.81. The number of hydrogen-bond donors (Lipinski definition) is 4. The number of aromatic nitrogens is 6. The fraction of sp³-hybridized carbons (Fsp3) is 0.233. The number of aliphatic hydroxyl groups excluding tert-OH is 1. The highest BCUT2D eigenvalue weighted by Gasteiger charge is 2.29. The molecule has 0 aliphatic heterocycles. The van der Waals surface area contributed by atoms with Crippen molar-refractivity contribution in [3.05, 3.63) is 99.8 Å². The zero-order valence-corrected chi connectivity index (χ0v) is 23.6. The van der Waals surface area contributed by atoms with Crippen LogP contribution in [0.25, 0.3) is 22.5 Å². The third-order valence-electron chi connectivity index (χ3n) is 6.70. The standard InChI is InChI=1S/C30H29N7O4S/c1-2-8-25-23(16-20-14-13-19(17-31-20)21-11-6-7-12-22(21)27-34-36-37-35-27)33-29(42-25)28(39)32-24(26(38)30(40)41)15-18-9-4-3-5-10-18/h3-7,9-14,17,24,26,38H,2,8,15-16H2,1H3,(H,32,39)(H,40,41)(H,34,35,36,37). The molecule has 4 N–H and O–H groups in total. The number of carboxylic acid groups (broad SMARTS) is 1. The Morgan fingerprint density at radius 3 is 2.45 bits per heavy atom. The van der Waals surface area contributed by atoms with Crippen LogP contribution in [0.1, 0.15) is 45.0 Å². The van der Waals surface area contributed by atoms with E-state index in [0.29, 0.717) is 12.2 Å². The first-order valence-electron chi connectivity index (χ1n) is 13.4. The molecule has 2 unspecified atom stereocenters. The maximum absolute atomic E-state index is 13.2. The predicted octanol–water partition coefficient (Wildman–Crippen LogP) is 3.72. The lowest BCUT2D eigenvalue weighted by molar-refractivity contribution is -0.148. The minimum Gasteiger partial charge on any atom is -0.479 e. The Morgan fingerprint density at radius 1 is 1.02 bits per heavy atom. The number of thiazole rings is 1. The number of aliphatic hydroxyl groups is 1. The van der Waals surface area contributed by atoms with E-state index < -0.39 is 24.0 Å². The van der Waals surface area contributed by atoms with Crippen LogP contribution >= 0.6 is 11.3 Å². The molecule has 0 fully saturated rings. The molecule has 42 heavy (non-hydrogen) atoms. The SMILES string of the molecule is CCCc1sc(C(=O)NC(Cc2ccccc2)C(O)C(=O)O)nc1Cc1ccc(-c2ccccc2-c2nn[nH]n2)cn1. The number of aryl methyl sites for hydroxylation is 1. The summed E-state index contributed by atoms with van der Waals surface area (Å²) in [4.78, 5) is 35.0. The lowest BCUT2D eigenvalue weighted by Crippen LogP contribution is -2.48. The van der Waals surface area contributed by atoms with E-state index in [1.165, 1.54) is 11.3 Å². The van der Waals surface area contributed by atoms with Crippen molar-refractivity contribution >= 4 is 23.2 Å². The Labute approximate surface area is 245 Å². The highest BCUT2D eigenvalue weighted by atomic mass is 32.1. The topological polar surface area (TPSA) is 167 Å². The minimum absolute atomic E-state index is 0.159. The number of amides is 1. The van der Waals surface area contributed by atoms with E-state index in [4.69, 9.17) is 0 Å². The number of aliphatic carboxylic acids is 1. The van der Waals surface area contributed by atoms with Crippen molar-refractivity contribution in [1.82, 2.24) is 35.9 Å². The molecule has 3 aromatic heterocycles. The van der Waals surface area contributed by atoms with Crippen molar-refractivity contribution in [3.63, 3.8) is 0 Å². The van der Waals surface area contributed by atoms with Crippen LogP contribution in [0.15, 0.2) is 72.9 Å². The summed E-state index contributed by atoms with van der Waals surface area (Å²) in [5.41, 5.74) is 4.98. The smallest absolute Gasteiger partial charge is 0.334 e. The summed E-state index contributed by atoms with van der Waals surface area (Å²) in [7, 11) is 0. The van der Waals surface area contributed by atoms with E-state index in [2.05, 4.69) is 42.8 Å². The first-order chi connectivity index (χ1) is 20.4. The number of pyridine rings is 1. The largest absolute Gasteiger partial charge is 0.479 e. The molecule has 0 saturated carbocycles. The number of tetrazole rings is 1. The van der Waals surface area contributed by atoms with Crippen LogP contribution in [0.3, 0.4) is 0 Å². The van der Waals surface area contributed by atoms with Crippen LogP contribution in [0.2, 0.25) is 0 Å². The van der Waals surface area contributed by atoms with Gasteiger partial charge in [-0.1, -0.05) is 74.0 Å². The molecule has 1 amide bonds. The summed E-state index contributed by atoms with van der Waals surface area (Å²) in [5, 5.41) is 37.0. The number of aromatic amines is 1. The molecule has 2 aromatic carbocycles. The lowest BCUT2D eigenvalue weighted by atomic mass is 10.00. The molecule has 5 rings (SSSR count). The van der Waals surface area contributed by atoms with Gasteiger partial charge < -0.3 is 15.5 Å². The van der Waals surface area contributed by atoms with Crippen molar-refractivity contribution < 1.29 is 19.8 Å². The van der Waals surface area contributed by atoms with Gasteiger partial charge in [0.1, 0.15) is 0 Å². The van der Waals surface area contributed by atoms with Crippen molar-refractivity contribution in [2.45, 2.75) is 44.8 Å². The fourth-order valence-corrected chi connectivity index (χ4v) is 5.70. The van der Waals surface area contributed by atoms with E-state index in [0.717, 1.165) is 51.4 Å². The first-order valence-corrected chi connectivity index (χ1v) is 14.3. The third-order valence-corrected chi connectivity index (χ3v) is 7.85.